The van der Waals surface area contributed by atoms with Gasteiger partial charge in [0.15, 0.2) is 0 Å². The number of hydrogen-bond acceptors (Lipinski definition) is 4. The lowest BCUT2D eigenvalue weighted by Gasteiger charge is -2.10. The summed E-state index contributed by atoms with van der Waals surface area (Å²) in [6.45, 7) is 0.372. The summed E-state index contributed by atoms with van der Waals surface area (Å²) in [6.07, 6.45) is 0. The van der Waals surface area contributed by atoms with Crippen LogP contribution in [0.15, 0.2) is 36.4 Å². The third-order valence-electron chi connectivity index (χ3n) is 3.27. The summed E-state index contributed by atoms with van der Waals surface area (Å²) in [4.78, 5) is 23.4. The zero-order valence-electron chi connectivity index (χ0n) is 10.8. The summed E-state index contributed by atoms with van der Waals surface area (Å²) in [7, 11) is 0. The average Bonchev–Trinajstić information content (AvgIpc) is 2.74. The van der Waals surface area contributed by atoms with Crippen LogP contribution in [0.2, 0.25) is 5.02 Å². The van der Waals surface area contributed by atoms with Gasteiger partial charge in [0.05, 0.1) is 11.1 Å². The number of anilines is 1. The molecule has 2 aromatic carbocycles. The molecule has 0 saturated carbocycles. The molecule has 0 atom stereocenters. The summed E-state index contributed by atoms with van der Waals surface area (Å²) >= 11 is 6.03. The fourth-order valence-electron chi connectivity index (χ4n) is 2.24. The van der Waals surface area contributed by atoms with E-state index < -0.39 is 5.91 Å². The molecule has 2 aromatic rings. The average molecular weight is 303 g/mol. The Labute approximate surface area is 125 Å². The summed E-state index contributed by atoms with van der Waals surface area (Å²) in [5.74, 6) is -0.703. The van der Waals surface area contributed by atoms with Crippen LogP contribution in [0.4, 0.5) is 5.69 Å². The molecule has 3 rings (SSSR count). The molecule has 0 fully saturated rings. The van der Waals surface area contributed by atoms with Gasteiger partial charge in [-0.1, -0.05) is 23.7 Å². The van der Waals surface area contributed by atoms with Gasteiger partial charge in [0, 0.05) is 17.3 Å². The van der Waals surface area contributed by atoms with Gasteiger partial charge in [0.25, 0.3) is 11.8 Å². The number of imide groups is 1. The SMILES string of the molecule is O=C1NC(=O)c2c(NCc3ccc(O)cc3Cl)cccc21. The lowest BCUT2D eigenvalue weighted by atomic mass is 10.1. The molecule has 0 spiro atoms. The molecule has 0 aromatic heterocycles. The Morgan fingerprint density at radius 2 is 1.95 bits per heavy atom. The van der Waals surface area contributed by atoms with Crippen molar-refractivity contribution < 1.29 is 14.7 Å². The van der Waals surface area contributed by atoms with Gasteiger partial charge in [-0.15, -0.1) is 0 Å². The van der Waals surface area contributed by atoms with Crippen molar-refractivity contribution in [2.45, 2.75) is 6.54 Å². The number of nitrogens with one attached hydrogen (secondary N) is 2. The molecule has 0 bridgehead atoms. The first-order valence-corrected chi connectivity index (χ1v) is 6.64. The van der Waals surface area contributed by atoms with E-state index in [1.165, 1.54) is 12.1 Å². The Bertz CT molecular complexity index is 759. The van der Waals surface area contributed by atoms with E-state index in [4.69, 9.17) is 11.6 Å². The molecule has 1 aliphatic heterocycles. The molecule has 0 saturated heterocycles. The highest BCUT2D eigenvalue weighted by Gasteiger charge is 2.29. The molecule has 106 valence electrons. The maximum atomic E-state index is 11.8. The molecule has 1 heterocycles. The first kappa shape index (κ1) is 13.5. The zero-order valence-corrected chi connectivity index (χ0v) is 11.6. The highest BCUT2D eigenvalue weighted by atomic mass is 35.5. The van der Waals surface area contributed by atoms with Crippen LogP contribution in [0.5, 0.6) is 5.75 Å². The normalized spacial score (nSPS) is 13.0. The van der Waals surface area contributed by atoms with Crippen molar-refractivity contribution in [1.82, 2.24) is 5.32 Å². The van der Waals surface area contributed by atoms with E-state index in [-0.39, 0.29) is 11.7 Å². The Kier molecular flexibility index (Phi) is 3.27. The van der Waals surface area contributed by atoms with Crippen LogP contribution in [-0.2, 0) is 6.54 Å². The van der Waals surface area contributed by atoms with Crippen molar-refractivity contribution in [3.05, 3.63) is 58.1 Å². The number of phenols is 1. The number of aromatic hydroxyl groups is 1. The number of fused-ring (bicyclic) bond motifs is 1. The van der Waals surface area contributed by atoms with Crippen molar-refractivity contribution in [3.8, 4) is 5.75 Å². The first-order chi connectivity index (χ1) is 10.1. The van der Waals surface area contributed by atoms with Crippen molar-refractivity contribution in [2.24, 2.45) is 0 Å². The maximum Gasteiger partial charge on any atom is 0.261 e. The van der Waals surface area contributed by atoms with E-state index in [2.05, 4.69) is 10.6 Å². The number of halogens is 1. The Balaban J connectivity index is 1.87. The molecule has 1 aliphatic rings. The van der Waals surface area contributed by atoms with Gasteiger partial charge < -0.3 is 10.4 Å². The molecule has 21 heavy (non-hydrogen) atoms. The van der Waals surface area contributed by atoms with Crippen molar-refractivity contribution in [2.75, 3.05) is 5.32 Å². The van der Waals surface area contributed by atoms with Crippen LogP contribution in [0.1, 0.15) is 26.3 Å². The van der Waals surface area contributed by atoms with Crippen LogP contribution >= 0.6 is 11.6 Å². The molecule has 0 unspecified atom stereocenters. The van der Waals surface area contributed by atoms with E-state index in [1.807, 2.05) is 0 Å². The second-order valence-electron chi connectivity index (χ2n) is 4.64. The minimum Gasteiger partial charge on any atom is -0.508 e. The Morgan fingerprint density at radius 1 is 1.14 bits per heavy atom. The highest BCUT2D eigenvalue weighted by molar-refractivity contribution is 6.31. The smallest absolute Gasteiger partial charge is 0.261 e. The number of rotatable bonds is 3. The standard InChI is InChI=1S/C15H11ClN2O3/c16-11-6-9(19)5-4-8(11)7-17-12-3-1-2-10-13(12)15(21)18-14(10)20/h1-6,17,19H,7H2,(H,18,20,21). The highest BCUT2D eigenvalue weighted by Crippen LogP contribution is 2.26. The minimum absolute atomic E-state index is 0.0920. The third kappa shape index (κ3) is 2.43. The number of hydrogen-bond donors (Lipinski definition) is 3. The predicted octanol–water partition coefficient (Wildman–Crippen LogP) is 2.54. The lowest BCUT2D eigenvalue weighted by Crippen LogP contribution is -2.20. The van der Waals surface area contributed by atoms with Gasteiger partial charge >= 0.3 is 0 Å². The second-order valence-corrected chi connectivity index (χ2v) is 5.05. The lowest BCUT2D eigenvalue weighted by molar-refractivity contribution is 0.0880. The quantitative estimate of drug-likeness (QED) is 0.761. The van der Waals surface area contributed by atoms with Gasteiger partial charge in [-0.3, -0.25) is 14.9 Å². The van der Waals surface area contributed by atoms with Crippen LogP contribution in [0.3, 0.4) is 0 Å². The van der Waals surface area contributed by atoms with Gasteiger partial charge in [0.2, 0.25) is 0 Å². The number of carbonyl (C=O) groups is 2. The second kappa shape index (κ2) is 5.10. The summed E-state index contributed by atoms with van der Waals surface area (Å²) in [6, 6.07) is 9.72. The fourth-order valence-corrected chi connectivity index (χ4v) is 2.48. The summed E-state index contributed by atoms with van der Waals surface area (Å²) in [5, 5.41) is 15.1. The molecule has 5 nitrogen and oxygen atoms in total. The number of carbonyl (C=O) groups excluding carboxylic acids is 2. The van der Waals surface area contributed by atoms with Gasteiger partial charge in [-0.25, -0.2) is 0 Å². The minimum atomic E-state index is -0.407. The molecular formula is C15H11ClN2O3. The number of phenolic OH excluding ortho intramolecular Hbond substituents is 1. The van der Waals surface area contributed by atoms with Gasteiger partial charge in [-0.05, 0) is 29.8 Å². The number of amides is 2. The Morgan fingerprint density at radius 3 is 2.71 bits per heavy atom. The van der Waals surface area contributed by atoms with Crippen molar-refractivity contribution in [1.29, 1.82) is 0 Å². The molecule has 6 heteroatoms. The van der Waals surface area contributed by atoms with Gasteiger partial charge in [0.1, 0.15) is 5.75 Å². The first-order valence-electron chi connectivity index (χ1n) is 6.26. The van der Waals surface area contributed by atoms with Crippen LogP contribution in [0.25, 0.3) is 0 Å². The monoisotopic (exact) mass is 302 g/mol. The number of benzene rings is 2. The van der Waals surface area contributed by atoms with E-state index >= 15 is 0 Å². The van der Waals surface area contributed by atoms with E-state index in [9.17, 15) is 14.7 Å². The fraction of sp³-hybridized carbons (Fsp3) is 0.0667. The third-order valence-corrected chi connectivity index (χ3v) is 3.62. The predicted molar refractivity (Wildman–Crippen MR) is 78.7 cm³/mol. The van der Waals surface area contributed by atoms with Crippen LogP contribution in [-0.4, -0.2) is 16.9 Å². The van der Waals surface area contributed by atoms with E-state index in [1.54, 1.807) is 24.3 Å². The molecule has 2 amide bonds. The summed E-state index contributed by atoms with van der Waals surface area (Å²) in [5.41, 5.74) is 2.05. The largest absolute Gasteiger partial charge is 0.508 e. The maximum absolute atomic E-state index is 11.8. The summed E-state index contributed by atoms with van der Waals surface area (Å²) < 4.78 is 0. The molecule has 3 N–H and O–H groups in total. The molecule has 0 aliphatic carbocycles. The zero-order chi connectivity index (χ0) is 15.0. The van der Waals surface area contributed by atoms with E-state index in [0.29, 0.717) is 28.4 Å². The van der Waals surface area contributed by atoms with Crippen LogP contribution < -0.4 is 10.6 Å². The van der Waals surface area contributed by atoms with Crippen molar-refractivity contribution in [3.63, 3.8) is 0 Å². The molecule has 0 radical (unpaired) electrons. The van der Waals surface area contributed by atoms with E-state index in [0.717, 1.165) is 5.56 Å². The topological polar surface area (TPSA) is 78.4 Å². The Hall–Kier alpha value is -2.53. The molecular weight excluding hydrogens is 292 g/mol. The van der Waals surface area contributed by atoms with Crippen molar-refractivity contribution >= 4 is 29.1 Å². The van der Waals surface area contributed by atoms with Gasteiger partial charge in [-0.2, -0.15) is 0 Å². The van der Waals surface area contributed by atoms with Crippen LogP contribution in [0, 0.1) is 0 Å².